The van der Waals surface area contributed by atoms with Crippen molar-refractivity contribution in [3.63, 3.8) is 0 Å². The highest BCUT2D eigenvalue weighted by Crippen LogP contribution is 2.20. The van der Waals surface area contributed by atoms with Gasteiger partial charge < -0.3 is 8.85 Å². The predicted octanol–water partition coefficient (Wildman–Crippen LogP) is 1.86. The Labute approximate surface area is 105 Å². The van der Waals surface area contributed by atoms with E-state index >= 15 is 0 Å². The second-order valence-corrected chi connectivity index (χ2v) is 7.23. The largest absolute Gasteiger partial charge is 0.517 e. The lowest BCUT2D eigenvalue weighted by Crippen LogP contribution is -2.51. The van der Waals surface area contributed by atoms with E-state index in [0.717, 1.165) is 37.8 Å². The van der Waals surface area contributed by atoms with Crippen LogP contribution in [0.3, 0.4) is 0 Å². The Bertz CT molecular complexity index is 187. The molecule has 4 nitrogen and oxygen atoms in total. The first-order chi connectivity index (χ1) is 7.72. The minimum atomic E-state index is -2.48. The number of thiol groups is 1. The SMILES string of the molecule is CCO[Si]1(CCCS)OCCC(C)CNO1. The molecule has 0 aliphatic carbocycles. The first-order valence-corrected chi connectivity index (χ1v) is 8.58. The molecule has 1 N–H and O–H groups in total. The van der Waals surface area contributed by atoms with Gasteiger partial charge >= 0.3 is 8.80 Å². The van der Waals surface area contributed by atoms with Gasteiger partial charge in [-0.1, -0.05) is 6.92 Å². The minimum absolute atomic E-state index is 0.582. The molecule has 1 heterocycles. The molecular formula is C10H23NO3SSi. The van der Waals surface area contributed by atoms with Gasteiger partial charge in [0.05, 0.1) is 0 Å². The highest BCUT2D eigenvalue weighted by atomic mass is 32.1. The van der Waals surface area contributed by atoms with Crippen molar-refractivity contribution in [2.75, 3.05) is 25.5 Å². The molecule has 1 rings (SSSR count). The first-order valence-electron chi connectivity index (χ1n) is 6.02. The van der Waals surface area contributed by atoms with E-state index in [-0.39, 0.29) is 0 Å². The van der Waals surface area contributed by atoms with Gasteiger partial charge in [-0.3, -0.25) is 4.53 Å². The summed E-state index contributed by atoms with van der Waals surface area (Å²) in [6.45, 7) is 6.40. The highest BCUT2D eigenvalue weighted by Gasteiger charge is 2.42. The van der Waals surface area contributed by atoms with Crippen LogP contribution in [0.4, 0.5) is 0 Å². The molecule has 0 radical (unpaired) electrons. The summed E-state index contributed by atoms with van der Waals surface area (Å²) in [7, 11) is -2.48. The molecule has 1 saturated heterocycles. The van der Waals surface area contributed by atoms with Crippen molar-refractivity contribution in [3.05, 3.63) is 0 Å². The lowest BCUT2D eigenvalue weighted by Gasteiger charge is -2.32. The van der Waals surface area contributed by atoms with Crippen LogP contribution in [0.2, 0.25) is 6.04 Å². The molecule has 0 aromatic carbocycles. The van der Waals surface area contributed by atoms with Crippen LogP contribution in [0.5, 0.6) is 0 Å². The summed E-state index contributed by atoms with van der Waals surface area (Å²) in [4.78, 5) is 0. The van der Waals surface area contributed by atoms with Crippen molar-refractivity contribution < 1.29 is 13.4 Å². The van der Waals surface area contributed by atoms with Gasteiger partial charge in [-0.05, 0) is 31.4 Å². The van der Waals surface area contributed by atoms with Crippen LogP contribution in [-0.2, 0) is 13.4 Å². The van der Waals surface area contributed by atoms with Crippen molar-refractivity contribution in [3.8, 4) is 0 Å². The maximum absolute atomic E-state index is 5.88. The van der Waals surface area contributed by atoms with E-state index in [4.69, 9.17) is 13.4 Å². The zero-order valence-corrected chi connectivity index (χ0v) is 12.1. The van der Waals surface area contributed by atoms with Crippen LogP contribution in [0, 0.1) is 5.92 Å². The first kappa shape index (κ1) is 14.5. The Kier molecular flexibility index (Phi) is 6.94. The summed E-state index contributed by atoms with van der Waals surface area (Å²) in [6, 6.07) is 0.839. The zero-order valence-electron chi connectivity index (χ0n) is 10.2. The number of hydroxylamine groups is 1. The van der Waals surface area contributed by atoms with Gasteiger partial charge in [-0.25, -0.2) is 5.48 Å². The Morgan fingerprint density at radius 3 is 3.06 bits per heavy atom. The summed E-state index contributed by atoms with van der Waals surface area (Å²) < 4.78 is 17.3. The third kappa shape index (κ3) is 4.73. The average Bonchev–Trinajstić information content (AvgIpc) is 2.24. The average molecular weight is 265 g/mol. The molecular weight excluding hydrogens is 242 g/mol. The molecule has 16 heavy (non-hydrogen) atoms. The lowest BCUT2D eigenvalue weighted by molar-refractivity contribution is 0.00127. The number of hydrogen-bond acceptors (Lipinski definition) is 5. The molecule has 2 atom stereocenters. The second kappa shape index (κ2) is 7.68. The quantitative estimate of drug-likeness (QED) is 0.588. The molecule has 0 bridgehead atoms. The number of nitrogens with one attached hydrogen (secondary N) is 1. The Balaban J connectivity index is 2.52. The van der Waals surface area contributed by atoms with Crippen LogP contribution in [-0.4, -0.2) is 34.3 Å². The fourth-order valence-electron chi connectivity index (χ4n) is 1.62. The lowest BCUT2D eigenvalue weighted by atomic mass is 10.1. The molecule has 0 aromatic heterocycles. The topological polar surface area (TPSA) is 39.7 Å². The van der Waals surface area contributed by atoms with Crippen molar-refractivity contribution in [2.24, 2.45) is 5.92 Å². The Morgan fingerprint density at radius 2 is 2.38 bits per heavy atom. The van der Waals surface area contributed by atoms with E-state index < -0.39 is 8.80 Å². The van der Waals surface area contributed by atoms with E-state index in [9.17, 15) is 0 Å². The monoisotopic (exact) mass is 265 g/mol. The van der Waals surface area contributed by atoms with Gasteiger partial charge in [0, 0.05) is 25.8 Å². The summed E-state index contributed by atoms with van der Waals surface area (Å²) >= 11 is 4.22. The molecule has 2 unspecified atom stereocenters. The van der Waals surface area contributed by atoms with Crippen LogP contribution in [0.25, 0.3) is 0 Å². The van der Waals surface area contributed by atoms with E-state index in [1.54, 1.807) is 0 Å². The van der Waals surface area contributed by atoms with Gasteiger partial charge in [0.1, 0.15) is 0 Å². The normalized spacial score (nSPS) is 32.1. The zero-order chi connectivity index (χ0) is 11.9. The number of rotatable bonds is 5. The Hall–Kier alpha value is 0.407. The smallest absolute Gasteiger partial charge is 0.373 e. The molecule has 6 heteroatoms. The van der Waals surface area contributed by atoms with Crippen molar-refractivity contribution in [1.29, 1.82) is 0 Å². The summed E-state index contributed by atoms with van der Waals surface area (Å²) in [6.07, 6.45) is 2.02. The standard InChI is InChI=1S/C10H23NO3SSi/c1-3-12-16(8-4-7-15)13-6-5-10(2)9-11-14-16/h10-11,15H,3-9H2,1-2H3. The number of hydrogen-bond donors (Lipinski definition) is 2. The molecule has 96 valence electrons. The van der Waals surface area contributed by atoms with Crippen molar-refractivity contribution in [1.82, 2.24) is 5.48 Å². The van der Waals surface area contributed by atoms with Gasteiger partial charge in [0.2, 0.25) is 0 Å². The maximum Gasteiger partial charge on any atom is 0.517 e. The van der Waals surface area contributed by atoms with Crippen molar-refractivity contribution in [2.45, 2.75) is 32.7 Å². The van der Waals surface area contributed by atoms with E-state index in [1.807, 2.05) is 6.92 Å². The molecule has 0 aromatic rings. The van der Waals surface area contributed by atoms with Crippen molar-refractivity contribution >= 4 is 21.4 Å². The van der Waals surface area contributed by atoms with Crippen LogP contribution in [0.1, 0.15) is 26.7 Å². The van der Waals surface area contributed by atoms with Gasteiger partial charge in [-0.15, -0.1) is 0 Å². The fraction of sp³-hybridized carbons (Fsp3) is 1.00. The van der Waals surface area contributed by atoms with Crippen LogP contribution < -0.4 is 5.48 Å². The minimum Gasteiger partial charge on any atom is -0.373 e. The van der Waals surface area contributed by atoms with Gasteiger partial charge in [-0.2, -0.15) is 12.6 Å². The molecule has 0 spiro atoms. The third-order valence-corrected chi connectivity index (χ3v) is 5.71. The van der Waals surface area contributed by atoms with Gasteiger partial charge in [0.25, 0.3) is 0 Å². The maximum atomic E-state index is 5.88. The Morgan fingerprint density at radius 1 is 1.56 bits per heavy atom. The fourth-order valence-corrected chi connectivity index (χ4v) is 4.45. The van der Waals surface area contributed by atoms with E-state index in [1.165, 1.54) is 0 Å². The summed E-state index contributed by atoms with van der Waals surface area (Å²) in [5.41, 5.74) is 3.01. The van der Waals surface area contributed by atoms with Crippen LogP contribution >= 0.6 is 12.6 Å². The molecule has 0 amide bonds. The van der Waals surface area contributed by atoms with E-state index in [0.29, 0.717) is 12.5 Å². The third-order valence-electron chi connectivity index (χ3n) is 2.60. The van der Waals surface area contributed by atoms with Crippen LogP contribution in [0.15, 0.2) is 0 Å². The summed E-state index contributed by atoms with van der Waals surface area (Å²) in [5.74, 6) is 1.42. The molecule has 1 aliphatic heterocycles. The van der Waals surface area contributed by atoms with Gasteiger partial charge in [0.15, 0.2) is 0 Å². The highest BCUT2D eigenvalue weighted by molar-refractivity contribution is 7.80. The van der Waals surface area contributed by atoms with E-state index in [2.05, 4.69) is 25.0 Å². The second-order valence-electron chi connectivity index (χ2n) is 4.14. The molecule has 1 fully saturated rings. The molecule has 1 aliphatic rings. The molecule has 0 saturated carbocycles. The predicted molar refractivity (Wildman–Crippen MR) is 69.5 cm³/mol. The summed E-state index contributed by atoms with van der Waals surface area (Å²) in [5, 5.41) is 0.